The van der Waals surface area contributed by atoms with Crippen molar-refractivity contribution in [2.75, 3.05) is 0 Å². The molecule has 4 aromatic heterocycles. The highest BCUT2D eigenvalue weighted by atomic mass is 15.1. The molecular formula is C31H32N8. The lowest BCUT2D eigenvalue weighted by atomic mass is 9.91. The molecule has 0 saturated heterocycles. The van der Waals surface area contributed by atoms with Crippen LogP contribution in [0.25, 0.3) is 50.2 Å². The second-order valence-electron chi connectivity index (χ2n) is 10.8. The first kappa shape index (κ1) is 25.8. The van der Waals surface area contributed by atoms with Crippen molar-refractivity contribution >= 4 is 33.7 Å². The molecule has 5 aromatic rings. The number of imidazole rings is 1. The summed E-state index contributed by atoms with van der Waals surface area (Å²) in [6.07, 6.45) is 11.5. The van der Waals surface area contributed by atoms with Gasteiger partial charge in [0.05, 0.1) is 22.7 Å². The number of H-pyrrole nitrogens is 2. The van der Waals surface area contributed by atoms with Crippen LogP contribution < -0.4 is 5.32 Å². The monoisotopic (exact) mass is 516 g/mol. The predicted molar refractivity (Wildman–Crippen MR) is 160 cm³/mol. The van der Waals surface area contributed by atoms with Crippen molar-refractivity contribution in [3.63, 3.8) is 0 Å². The Morgan fingerprint density at radius 2 is 1.85 bits per heavy atom. The number of nitrogens with one attached hydrogen (secondary N) is 3. The Bertz CT molecular complexity index is 1730. The lowest BCUT2D eigenvalue weighted by Crippen LogP contribution is -2.17. The average Bonchev–Trinajstić information content (AvgIpc) is 3.51. The van der Waals surface area contributed by atoms with Gasteiger partial charge in [0.25, 0.3) is 0 Å². The summed E-state index contributed by atoms with van der Waals surface area (Å²) < 4.78 is 0. The Hall–Kier alpha value is -4.85. The Balaban J connectivity index is 1.40. The number of fused-ring (bicyclic) bond motifs is 2. The van der Waals surface area contributed by atoms with E-state index in [1.165, 1.54) is 0 Å². The van der Waals surface area contributed by atoms with Crippen molar-refractivity contribution in [3.05, 3.63) is 91.4 Å². The van der Waals surface area contributed by atoms with E-state index in [1.54, 1.807) is 24.8 Å². The van der Waals surface area contributed by atoms with Crippen LogP contribution in [0.5, 0.6) is 0 Å². The van der Waals surface area contributed by atoms with E-state index in [1.807, 2.05) is 43.6 Å². The van der Waals surface area contributed by atoms with Crippen molar-refractivity contribution < 1.29 is 0 Å². The molecule has 8 heteroatoms. The van der Waals surface area contributed by atoms with E-state index >= 15 is 0 Å². The van der Waals surface area contributed by atoms with Crippen molar-refractivity contribution in [2.45, 2.75) is 34.1 Å². The lowest BCUT2D eigenvalue weighted by Gasteiger charge is -2.20. The number of rotatable bonds is 8. The molecule has 0 fully saturated rings. The molecule has 0 amide bonds. The molecule has 0 spiro atoms. The van der Waals surface area contributed by atoms with Crippen LogP contribution >= 0.6 is 0 Å². The van der Waals surface area contributed by atoms with Crippen LogP contribution in [0.1, 0.15) is 39.7 Å². The number of aromatic amines is 2. The summed E-state index contributed by atoms with van der Waals surface area (Å²) in [6, 6.07) is 10.1. The van der Waals surface area contributed by atoms with E-state index in [0.29, 0.717) is 11.5 Å². The van der Waals surface area contributed by atoms with Crippen LogP contribution in [0.2, 0.25) is 0 Å². The maximum atomic E-state index is 4.91. The summed E-state index contributed by atoms with van der Waals surface area (Å²) in [7, 11) is 0. The molecule has 8 nitrogen and oxygen atoms in total. The molecule has 0 saturated carbocycles. The number of allylic oxidation sites excluding steroid dienone is 3. The van der Waals surface area contributed by atoms with Crippen molar-refractivity contribution in [1.82, 2.24) is 35.5 Å². The van der Waals surface area contributed by atoms with E-state index < -0.39 is 0 Å². The van der Waals surface area contributed by atoms with Gasteiger partial charge in [0, 0.05) is 53.3 Å². The second-order valence-corrected chi connectivity index (χ2v) is 10.8. The summed E-state index contributed by atoms with van der Waals surface area (Å²) in [5, 5.41) is 11.9. The van der Waals surface area contributed by atoms with Gasteiger partial charge in [-0.05, 0) is 59.7 Å². The van der Waals surface area contributed by atoms with Crippen LogP contribution in [-0.4, -0.2) is 36.3 Å². The fraction of sp³-hybridized carbons (Fsp3) is 0.194. The number of aliphatic imine (C=N–C) groups is 1. The number of hydrogen-bond donors (Lipinski definition) is 3. The first-order valence-corrected chi connectivity index (χ1v) is 12.7. The molecule has 0 aliphatic heterocycles. The third-order valence-electron chi connectivity index (χ3n) is 6.21. The highest BCUT2D eigenvalue weighted by Gasteiger charge is 2.16. The molecule has 0 bridgehead atoms. The zero-order chi connectivity index (χ0) is 27.6. The largest absolute Gasteiger partial charge is 0.359 e. The topological polar surface area (TPSA) is 108 Å². The van der Waals surface area contributed by atoms with Gasteiger partial charge in [-0.25, -0.2) is 4.98 Å². The van der Waals surface area contributed by atoms with Gasteiger partial charge in [-0.1, -0.05) is 40.0 Å². The van der Waals surface area contributed by atoms with Crippen molar-refractivity contribution in [2.24, 2.45) is 10.4 Å². The van der Waals surface area contributed by atoms with Gasteiger partial charge in [-0.2, -0.15) is 5.10 Å². The number of hydrogen-bond acceptors (Lipinski definition) is 6. The number of aromatic nitrogens is 6. The standard InChI is InChI=1S/C31H32N8/c1-19(15-33-16-21(3)35-20(2)14-31(4,5)6)23-7-8-26-24(13-23)29(39-38-26)30-36-27-18-34-17-25(28(27)37-30)22-9-11-32-12-10-22/h7-13,15-18,35H,2-3,14H2,1,4-6H3,(H,36,37)(H,38,39)/b19-15+,33-16?. The van der Waals surface area contributed by atoms with E-state index in [9.17, 15) is 0 Å². The molecule has 0 aliphatic carbocycles. The summed E-state index contributed by atoms with van der Waals surface area (Å²) in [6.45, 7) is 16.7. The van der Waals surface area contributed by atoms with Gasteiger partial charge >= 0.3 is 0 Å². The van der Waals surface area contributed by atoms with Crippen molar-refractivity contribution in [1.29, 1.82) is 0 Å². The predicted octanol–water partition coefficient (Wildman–Crippen LogP) is 7.05. The highest BCUT2D eigenvalue weighted by molar-refractivity contribution is 5.97. The van der Waals surface area contributed by atoms with E-state index in [2.05, 4.69) is 75.5 Å². The Morgan fingerprint density at radius 3 is 2.62 bits per heavy atom. The maximum Gasteiger partial charge on any atom is 0.159 e. The van der Waals surface area contributed by atoms with Crippen LogP contribution in [0.3, 0.4) is 0 Å². The van der Waals surface area contributed by atoms with E-state index in [-0.39, 0.29) is 5.41 Å². The minimum absolute atomic E-state index is 0.156. The summed E-state index contributed by atoms with van der Waals surface area (Å²) >= 11 is 0. The number of pyridine rings is 2. The minimum Gasteiger partial charge on any atom is -0.359 e. The van der Waals surface area contributed by atoms with Gasteiger partial charge in [-0.15, -0.1) is 0 Å². The van der Waals surface area contributed by atoms with Crippen molar-refractivity contribution in [3.8, 4) is 22.6 Å². The van der Waals surface area contributed by atoms with Crippen LogP contribution in [0, 0.1) is 5.41 Å². The van der Waals surface area contributed by atoms with Crippen LogP contribution in [-0.2, 0) is 0 Å². The minimum atomic E-state index is 0.156. The first-order valence-electron chi connectivity index (χ1n) is 12.7. The molecular weight excluding hydrogens is 484 g/mol. The zero-order valence-electron chi connectivity index (χ0n) is 22.7. The molecule has 3 N–H and O–H groups in total. The third kappa shape index (κ3) is 5.85. The zero-order valence-corrected chi connectivity index (χ0v) is 22.7. The van der Waals surface area contributed by atoms with Gasteiger partial charge in [0.15, 0.2) is 5.82 Å². The third-order valence-corrected chi connectivity index (χ3v) is 6.21. The summed E-state index contributed by atoms with van der Waals surface area (Å²) in [5.74, 6) is 0.675. The van der Waals surface area contributed by atoms with Gasteiger partial charge in [-0.3, -0.25) is 20.1 Å². The van der Waals surface area contributed by atoms with Gasteiger partial charge in [0.2, 0.25) is 0 Å². The molecule has 0 atom stereocenters. The molecule has 0 radical (unpaired) electrons. The molecule has 5 rings (SSSR count). The normalized spacial score (nSPS) is 12.5. The van der Waals surface area contributed by atoms with E-state index in [4.69, 9.17) is 4.98 Å². The fourth-order valence-corrected chi connectivity index (χ4v) is 4.48. The molecule has 39 heavy (non-hydrogen) atoms. The Labute approximate surface area is 227 Å². The van der Waals surface area contributed by atoms with E-state index in [0.717, 1.165) is 62.0 Å². The Morgan fingerprint density at radius 1 is 1.05 bits per heavy atom. The van der Waals surface area contributed by atoms with Gasteiger partial charge in [0.1, 0.15) is 5.69 Å². The quantitative estimate of drug-likeness (QED) is 0.192. The maximum absolute atomic E-state index is 4.91. The lowest BCUT2D eigenvalue weighted by molar-refractivity contribution is 0.403. The molecule has 0 unspecified atom stereocenters. The Kier molecular flexibility index (Phi) is 6.94. The van der Waals surface area contributed by atoms with Crippen LogP contribution in [0.4, 0.5) is 0 Å². The summed E-state index contributed by atoms with van der Waals surface area (Å²) in [4.78, 5) is 21.3. The molecule has 1 aromatic carbocycles. The molecule has 196 valence electrons. The first-order chi connectivity index (χ1) is 18.7. The average molecular weight is 517 g/mol. The number of nitrogens with zero attached hydrogens (tertiary/aromatic N) is 5. The smallest absolute Gasteiger partial charge is 0.159 e. The van der Waals surface area contributed by atoms with Crippen LogP contribution in [0.15, 0.2) is 90.9 Å². The fourth-order valence-electron chi connectivity index (χ4n) is 4.48. The second kappa shape index (κ2) is 10.5. The molecule has 4 heterocycles. The summed E-state index contributed by atoms with van der Waals surface area (Å²) in [5.41, 5.74) is 9.12. The molecule has 0 aliphatic rings. The SMILES string of the molecule is C=C(C=N/C=C(\C)c1ccc2[nH]nc(-c3nc4c(-c5ccncc5)cncc4[nH]3)c2c1)NC(=C)CC(C)(C)C. The van der Waals surface area contributed by atoms with Gasteiger partial charge < -0.3 is 10.3 Å². The number of benzene rings is 1. The highest BCUT2D eigenvalue weighted by Crippen LogP contribution is 2.31.